The Kier molecular flexibility index (Phi) is 14.6. The number of urea groups is 1. The van der Waals surface area contributed by atoms with Crippen molar-refractivity contribution in [2.45, 2.75) is 88.2 Å². The number of benzene rings is 4. The van der Waals surface area contributed by atoms with Gasteiger partial charge in [-0.2, -0.15) is 0 Å². The number of amides is 5. The summed E-state index contributed by atoms with van der Waals surface area (Å²) < 4.78 is 45.8. The molecule has 2 atom stereocenters. The number of carbonyl (C=O) groups is 4. The van der Waals surface area contributed by atoms with Crippen LogP contribution in [0.25, 0.3) is 21.2 Å². The molecule has 380 valence electrons. The Morgan fingerprint density at radius 2 is 1.69 bits per heavy atom. The molecule has 1 saturated carbocycles. The van der Waals surface area contributed by atoms with E-state index in [4.69, 9.17) is 26.8 Å². The van der Waals surface area contributed by atoms with E-state index in [2.05, 4.69) is 38.6 Å². The maximum atomic E-state index is 16.5. The molecule has 1 aromatic heterocycles. The first-order valence-electron chi connectivity index (χ1n) is 25.3. The van der Waals surface area contributed by atoms with Gasteiger partial charge in [0.25, 0.3) is 0 Å². The first-order chi connectivity index (χ1) is 34.8. The number of rotatable bonds is 14. The zero-order valence-corrected chi connectivity index (χ0v) is 42.0. The summed E-state index contributed by atoms with van der Waals surface area (Å²) in [4.78, 5) is 57.3. The number of piperidine rings is 2. The molecule has 4 aliphatic heterocycles. The third-order valence-corrected chi connectivity index (χ3v) is 17.3. The van der Waals surface area contributed by atoms with E-state index in [1.165, 1.54) is 23.8 Å². The number of aliphatic hydroxyl groups excluding tert-OH is 1. The zero-order valence-electron chi connectivity index (χ0n) is 40.4. The van der Waals surface area contributed by atoms with Crippen LogP contribution in [0.4, 0.5) is 19.3 Å². The fourth-order valence-electron chi connectivity index (χ4n) is 12.0. The Morgan fingerprint density at radius 1 is 0.944 bits per heavy atom. The van der Waals surface area contributed by atoms with E-state index < -0.39 is 29.1 Å². The molecule has 5 aliphatic rings. The summed E-state index contributed by atoms with van der Waals surface area (Å²) in [6, 6.07) is 19.7. The number of nitrogens with one attached hydrogen (secondary N) is 2. The number of halogens is 3. The fourth-order valence-corrected chi connectivity index (χ4v) is 13.3. The van der Waals surface area contributed by atoms with Crippen LogP contribution in [0.2, 0.25) is 5.02 Å². The predicted molar refractivity (Wildman–Crippen MR) is 274 cm³/mol. The molecule has 4 aromatic carbocycles. The van der Waals surface area contributed by atoms with E-state index in [9.17, 15) is 24.3 Å². The molecule has 10 rings (SSSR count). The Morgan fingerprint density at radius 3 is 2.40 bits per heavy atom. The van der Waals surface area contributed by atoms with E-state index in [0.29, 0.717) is 36.9 Å². The van der Waals surface area contributed by atoms with Crippen LogP contribution in [0.3, 0.4) is 0 Å². The van der Waals surface area contributed by atoms with Crippen molar-refractivity contribution in [3.63, 3.8) is 0 Å². The minimum atomic E-state index is -1.10. The summed E-state index contributed by atoms with van der Waals surface area (Å²) in [5.41, 5.74) is 7.55. The van der Waals surface area contributed by atoms with E-state index in [1.807, 2.05) is 42.6 Å². The molecule has 0 radical (unpaired) electrons. The number of carbonyl (C=O) groups excluding carboxylic acids is 4. The standard InChI is InChI=1S/C55H61ClF2N6O7S/c1-32-47-44(28-41(57)50(56)49(47)48-40(52(59)67)13-14-43(51(48)58)70-26-25-65)71-55(32,37-5-3-2-4-6-37)31-60-38-10-7-35(8-11-38)53(68)63-22-15-33(16-23-63)29-62-20-17-34(18-21-62)36-9-12-39-42(30-72-45(39)27-36)64-24-19-46(66)61-54(64)69/h2-6,9,12-14,27-28,30,32-35,38,60,65H,7-8,10-11,15-26,29,31H2,1H3,(H2,59,67)(H,61,66,69). The number of nitrogens with two attached hydrogens (primary N) is 1. The molecule has 5 N–H and O–H groups in total. The Balaban J connectivity index is 0.729. The van der Waals surface area contributed by atoms with Crippen molar-refractivity contribution >= 4 is 62.5 Å². The van der Waals surface area contributed by atoms with Gasteiger partial charge in [0.1, 0.15) is 18.2 Å². The van der Waals surface area contributed by atoms with Gasteiger partial charge in [0.05, 0.1) is 22.9 Å². The van der Waals surface area contributed by atoms with E-state index in [-0.39, 0.29) is 76.2 Å². The van der Waals surface area contributed by atoms with Crippen molar-refractivity contribution in [1.82, 2.24) is 20.4 Å². The van der Waals surface area contributed by atoms with Crippen LogP contribution < -0.4 is 30.7 Å². The van der Waals surface area contributed by atoms with Crippen LogP contribution in [-0.4, -0.2) is 104 Å². The topological polar surface area (TPSA) is 167 Å². The summed E-state index contributed by atoms with van der Waals surface area (Å²) >= 11 is 8.37. The van der Waals surface area contributed by atoms with Crippen LogP contribution in [0.5, 0.6) is 11.5 Å². The normalized spacial score (nSPS) is 23.3. The van der Waals surface area contributed by atoms with Gasteiger partial charge in [-0.05, 0) is 106 Å². The van der Waals surface area contributed by atoms with Crippen molar-refractivity contribution in [3.8, 4) is 22.6 Å². The molecule has 0 spiro atoms. The second-order valence-corrected chi connectivity index (χ2v) is 21.5. The number of aliphatic hydroxyl groups is 1. The van der Waals surface area contributed by atoms with Crippen molar-refractivity contribution in [2.75, 3.05) is 63.9 Å². The van der Waals surface area contributed by atoms with Crippen molar-refractivity contribution < 1.29 is 42.5 Å². The van der Waals surface area contributed by atoms with Crippen molar-refractivity contribution in [3.05, 3.63) is 111 Å². The Bertz CT molecular complexity index is 2860. The summed E-state index contributed by atoms with van der Waals surface area (Å²) in [5, 5.41) is 18.2. The highest BCUT2D eigenvalue weighted by atomic mass is 35.5. The average Bonchev–Trinajstić information content (AvgIpc) is 3.94. The highest BCUT2D eigenvalue weighted by molar-refractivity contribution is 7.17. The number of hydrogen-bond donors (Lipinski definition) is 4. The lowest BCUT2D eigenvalue weighted by Crippen LogP contribution is -2.49. The summed E-state index contributed by atoms with van der Waals surface area (Å²) in [5.74, 6) is -2.37. The quantitative estimate of drug-likeness (QED) is 0.0849. The fraction of sp³-hybridized carbons (Fsp3) is 0.455. The molecule has 13 nitrogen and oxygen atoms in total. The van der Waals surface area contributed by atoms with Crippen LogP contribution in [-0.2, 0) is 15.2 Å². The van der Waals surface area contributed by atoms with Gasteiger partial charge < -0.3 is 35.4 Å². The number of primary amides is 1. The molecular weight excluding hydrogens is 962 g/mol. The van der Waals surface area contributed by atoms with Gasteiger partial charge >= 0.3 is 6.03 Å². The van der Waals surface area contributed by atoms with E-state index >= 15 is 8.78 Å². The smallest absolute Gasteiger partial charge is 0.328 e. The number of ether oxygens (including phenoxy) is 2. The number of fused-ring (bicyclic) bond motifs is 2. The number of hydrogen-bond acceptors (Lipinski definition) is 10. The van der Waals surface area contributed by atoms with Crippen molar-refractivity contribution in [2.24, 2.45) is 17.6 Å². The molecule has 1 aliphatic carbocycles. The van der Waals surface area contributed by atoms with Crippen LogP contribution in [0.1, 0.15) is 104 Å². The molecule has 2 unspecified atom stereocenters. The number of likely N-dealkylation sites (tertiary alicyclic amines) is 2. The summed E-state index contributed by atoms with van der Waals surface area (Å²) in [7, 11) is 0. The third kappa shape index (κ3) is 9.68. The van der Waals surface area contributed by atoms with Gasteiger partial charge in [-0.15, -0.1) is 11.3 Å². The summed E-state index contributed by atoms with van der Waals surface area (Å²) in [6.45, 7) is 6.74. The molecular formula is C55H61ClF2N6O7S. The molecule has 72 heavy (non-hydrogen) atoms. The first-order valence-corrected chi connectivity index (χ1v) is 26.6. The lowest BCUT2D eigenvalue weighted by molar-refractivity contribution is -0.138. The molecule has 3 saturated heterocycles. The van der Waals surface area contributed by atoms with Crippen LogP contribution in [0, 0.1) is 23.5 Å². The van der Waals surface area contributed by atoms with E-state index in [0.717, 1.165) is 105 Å². The number of anilines is 1. The predicted octanol–water partition coefficient (Wildman–Crippen LogP) is 9.07. The second kappa shape index (κ2) is 21.1. The monoisotopic (exact) mass is 1020 g/mol. The number of nitrogens with zero attached hydrogens (tertiary/aromatic N) is 3. The third-order valence-electron chi connectivity index (χ3n) is 16.0. The molecule has 5 amide bonds. The molecule has 4 fully saturated rings. The lowest BCUT2D eigenvalue weighted by atomic mass is 9.77. The minimum absolute atomic E-state index is 0.0401. The Hall–Kier alpha value is -5.65. The molecule has 17 heteroatoms. The second-order valence-electron chi connectivity index (χ2n) is 20.2. The van der Waals surface area contributed by atoms with Gasteiger partial charge in [-0.1, -0.05) is 61.0 Å². The average molecular weight is 1020 g/mol. The number of imide groups is 1. The van der Waals surface area contributed by atoms with Crippen LogP contribution >= 0.6 is 22.9 Å². The molecule has 5 heterocycles. The maximum Gasteiger partial charge on any atom is 0.328 e. The van der Waals surface area contributed by atoms with Gasteiger partial charge in [-0.25, -0.2) is 13.6 Å². The summed E-state index contributed by atoms with van der Waals surface area (Å²) in [6.07, 6.45) is 7.59. The minimum Gasteiger partial charge on any atom is -0.488 e. The van der Waals surface area contributed by atoms with Gasteiger partial charge in [0.15, 0.2) is 17.2 Å². The SMILES string of the molecule is CC1c2c(cc(F)c(Cl)c2-c2c(C(N)=O)ccc(OCCO)c2F)OC1(CNC1CCC(C(=O)N2CCC(CN3CCC(c4ccc5c(N6CCC(=O)NC6=O)csc5c4)CC3)CC2)CC1)c1ccccc1. The van der Waals surface area contributed by atoms with Crippen LogP contribution in [0.15, 0.2) is 72.1 Å². The molecule has 0 bridgehead atoms. The lowest BCUT2D eigenvalue weighted by Gasteiger charge is -2.40. The highest BCUT2D eigenvalue weighted by Crippen LogP contribution is 2.56. The molecule has 5 aromatic rings. The maximum absolute atomic E-state index is 16.5. The highest BCUT2D eigenvalue weighted by Gasteiger charge is 2.50. The largest absolute Gasteiger partial charge is 0.488 e. The van der Waals surface area contributed by atoms with Gasteiger partial charge in [0, 0.05) is 95.2 Å². The first kappa shape index (κ1) is 49.9. The zero-order chi connectivity index (χ0) is 50.3. The Labute approximate surface area is 426 Å². The van der Waals surface area contributed by atoms with Gasteiger partial charge in [-0.3, -0.25) is 24.6 Å². The van der Waals surface area contributed by atoms with Gasteiger partial charge in [0.2, 0.25) is 17.7 Å². The van der Waals surface area contributed by atoms with Crippen molar-refractivity contribution in [1.29, 1.82) is 0 Å². The van der Waals surface area contributed by atoms with E-state index in [1.54, 1.807) is 16.2 Å². The number of thiophene rings is 1.